The molecule has 0 aromatic carbocycles. The third-order valence-electron chi connectivity index (χ3n) is 4.06. The second-order valence-corrected chi connectivity index (χ2v) is 5.64. The Morgan fingerprint density at radius 1 is 1.40 bits per heavy atom. The second kappa shape index (κ2) is 6.85. The van der Waals surface area contributed by atoms with Gasteiger partial charge >= 0.3 is 0 Å². The lowest BCUT2D eigenvalue weighted by molar-refractivity contribution is -0.125. The molecular formula is C13H19N7O5. The predicted octanol–water partition coefficient (Wildman–Crippen LogP) is -3.54. The zero-order valence-electron chi connectivity index (χ0n) is 13.1. The SMILES string of the molecule is Nc1ncnc2c1ncn2C1OC(CO)C(NC(=O)C(N)CO)C1O. The number of aliphatic hydroxyl groups excluding tert-OH is 3. The summed E-state index contributed by atoms with van der Waals surface area (Å²) in [7, 11) is 0. The van der Waals surface area contributed by atoms with Crippen molar-refractivity contribution < 1.29 is 24.9 Å². The highest BCUT2D eigenvalue weighted by molar-refractivity contribution is 5.82. The molecule has 5 atom stereocenters. The molecule has 3 rings (SSSR count). The number of aromatic nitrogens is 4. The zero-order valence-corrected chi connectivity index (χ0v) is 13.1. The topological polar surface area (TPSA) is 195 Å². The summed E-state index contributed by atoms with van der Waals surface area (Å²) < 4.78 is 7.09. The van der Waals surface area contributed by atoms with Gasteiger partial charge < -0.3 is 36.8 Å². The largest absolute Gasteiger partial charge is 0.394 e. The van der Waals surface area contributed by atoms with Crippen LogP contribution in [0, 0.1) is 0 Å². The Kier molecular flexibility index (Phi) is 4.78. The Balaban J connectivity index is 1.88. The molecular weight excluding hydrogens is 334 g/mol. The maximum atomic E-state index is 11.9. The molecule has 12 nitrogen and oxygen atoms in total. The molecule has 1 aliphatic heterocycles. The zero-order chi connectivity index (χ0) is 18.1. The molecule has 3 heterocycles. The van der Waals surface area contributed by atoms with E-state index in [-0.39, 0.29) is 5.82 Å². The fraction of sp³-hybridized carbons (Fsp3) is 0.538. The number of imidazole rings is 1. The minimum Gasteiger partial charge on any atom is -0.394 e. The van der Waals surface area contributed by atoms with Gasteiger partial charge in [-0.3, -0.25) is 9.36 Å². The number of rotatable bonds is 5. The highest BCUT2D eigenvalue weighted by Crippen LogP contribution is 2.31. The molecule has 0 aliphatic carbocycles. The van der Waals surface area contributed by atoms with Crippen molar-refractivity contribution in [3.8, 4) is 0 Å². The number of amides is 1. The first-order valence-electron chi connectivity index (χ1n) is 7.52. The number of carbonyl (C=O) groups is 1. The fourth-order valence-corrected chi connectivity index (χ4v) is 2.72. The minimum atomic E-state index is -1.22. The van der Waals surface area contributed by atoms with E-state index in [0.29, 0.717) is 11.2 Å². The maximum Gasteiger partial charge on any atom is 0.239 e. The summed E-state index contributed by atoms with van der Waals surface area (Å²) in [4.78, 5) is 23.9. The highest BCUT2D eigenvalue weighted by atomic mass is 16.5. The number of nitrogens with one attached hydrogen (secondary N) is 1. The summed E-state index contributed by atoms with van der Waals surface area (Å²) in [6.07, 6.45) is -0.443. The van der Waals surface area contributed by atoms with E-state index in [1.807, 2.05) is 0 Å². The van der Waals surface area contributed by atoms with Crippen LogP contribution >= 0.6 is 0 Å². The average molecular weight is 353 g/mol. The van der Waals surface area contributed by atoms with Crippen molar-refractivity contribution in [2.24, 2.45) is 5.73 Å². The molecule has 5 unspecified atom stereocenters. The van der Waals surface area contributed by atoms with Crippen LogP contribution in [0.1, 0.15) is 6.23 Å². The van der Waals surface area contributed by atoms with Crippen LogP contribution < -0.4 is 16.8 Å². The van der Waals surface area contributed by atoms with Crippen LogP contribution in [0.5, 0.6) is 0 Å². The van der Waals surface area contributed by atoms with Gasteiger partial charge in [0.1, 0.15) is 30.1 Å². The van der Waals surface area contributed by atoms with Crippen molar-refractivity contribution in [1.82, 2.24) is 24.8 Å². The van der Waals surface area contributed by atoms with E-state index in [9.17, 15) is 15.0 Å². The van der Waals surface area contributed by atoms with E-state index in [4.69, 9.17) is 21.3 Å². The number of anilines is 1. The summed E-state index contributed by atoms with van der Waals surface area (Å²) in [5.41, 5.74) is 11.9. The number of carbonyl (C=O) groups excluding carboxylic acids is 1. The molecule has 1 fully saturated rings. The Hall–Kier alpha value is -2.38. The van der Waals surface area contributed by atoms with Gasteiger partial charge in [0.05, 0.1) is 25.6 Å². The van der Waals surface area contributed by atoms with E-state index < -0.39 is 49.6 Å². The minimum absolute atomic E-state index is 0.175. The number of ether oxygens (including phenoxy) is 1. The lowest BCUT2D eigenvalue weighted by Crippen LogP contribution is -2.54. The smallest absolute Gasteiger partial charge is 0.239 e. The Morgan fingerprint density at radius 3 is 2.84 bits per heavy atom. The molecule has 0 bridgehead atoms. The number of hydrogen-bond donors (Lipinski definition) is 6. The van der Waals surface area contributed by atoms with Gasteiger partial charge in [-0.2, -0.15) is 0 Å². The molecule has 1 amide bonds. The Morgan fingerprint density at radius 2 is 2.16 bits per heavy atom. The van der Waals surface area contributed by atoms with E-state index in [0.717, 1.165) is 0 Å². The molecule has 0 spiro atoms. The molecule has 2 aromatic heterocycles. The average Bonchev–Trinajstić information content (AvgIpc) is 3.17. The van der Waals surface area contributed by atoms with Crippen molar-refractivity contribution in [2.75, 3.05) is 18.9 Å². The highest BCUT2D eigenvalue weighted by Gasteiger charge is 2.46. The third kappa shape index (κ3) is 3.01. The third-order valence-corrected chi connectivity index (χ3v) is 4.06. The van der Waals surface area contributed by atoms with E-state index in [1.54, 1.807) is 0 Å². The van der Waals surface area contributed by atoms with Crippen LogP contribution in [0.15, 0.2) is 12.7 Å². The normalized spacial score (nSPS) is 27.5. The van der Waals surface area contributed by atoms with Crippen molar-refractivity contribution in [3.63, 3.8) is 0 Å². The monoisotopic (exact) mass is 353 g/mol. The molecule has 0 radical (unpaired) electrons. The van der Waals surface area contributed by atoms with Gasteiger partial charge in [-0.15, -0.1) is 0 Å². The number of aliphatic hydroxyl groups is 3. The molecule has 136 valence electrons. The van der Waals surface area contributed by atoms with E-state index >= 15 is 0 Å². The predicted molar refractivity (Wildman–Crippen MR) is 83.7 cm³/mol. The summed E-state index contributed by atoms with van der Waals surface area (Å²) in [5, 5.41) is 31.5. The molecule has 25 heavy (non-hydrogen) atoms. The van der Waals surface area contributed by atoms with Gasteiger partial charge in [0, 0.05) is 0 Å². The van der Waals surface area contributed by atoms with Gasteiger partial charge in [-0.05, 0) is 0 Å². The quantitative estimate of drug-likeness (QED) is 0.313. The van der Waals surface area contributed by atoms with Crippen LogP contribution in [0.4, 0.5) is 5.82 Å². The standard InChI is InChI=1S/C13H19N7O5/c14-5(1-21)12(24)19-7-6(2-22)25-13(9(7)23)20-4-18-8-10(15)16-3-17-11(8)20/h3-7,9,13,21-23H,1-2,14H2,(H,19,24)(H2,15,16,17). The van der Waals surface area contributed by atoms with Crippen LogP contribution in [0.25, 0.3) is 11.2 Å². The molecule has 1 saturated heterocycles. The van der Waals surface area contributed by atoms with Crippen molar-refractivity contribution in [3.05, 3.63) is 12.7 Å². The fourth-order valence-electron chi connectivity index (χ4n) is 2.72. The van der Waals surface area contributed by atoms with Crippen molar-refractivity contribution in [2.45, 2.75) is 30.5 Å². The van der Waals surface area contributed by atoms with E-state index in [2.05, 4.69) is 20.3 Å². The molecule has 1 aliphatic rings. The van der Waals surface area contributed by atoms with Crippen LogP contribution in [0.3, 0.4) is 0 Å². The molecule has 2 aromatic rings. The van der Waals surface area contributed by atoms with Crippen LogP contribution in [0.2, 0.25) is 0 Å². The lowest BCUT2D eigenvalue weighted by Gasteiger charge is -2.22. The number of fused-ring (bicyclic) bond motifs is 1. The first kappa shape index (κ1) is 17.4. The molecule has 8 N–H and O–H groups in total. The number of hydrogen-bond acceptors (Lipinski definition) is 10. The van der Waals surface area contributed by atoms with Crippen LogP contribution in [-0.2, 0) is 9.53 Å². The lowest BCUT2D eigenvalue weighted by atomic mass is 10.1. The maximum absolute atomic E-state index is 11.9. The van der Waals surface area contributed by atoms with Gasteiger partial charge in [-0.25, -0.2) is 15.0 Å². The first-order chi connectivity index (χ1) is 12.0. The summed E-state index contributed by atoms with van der Waals surface area (Å²) >= 11 is 0. The molecule has 12 heteroatoms. The Labute approximate surface area is 141 Å². The first-order valence-corrected chi connectivity index (χ1v) is 7.52. The molecule has 0 saturated carbocycles. The van der Waals surface area contributed by atoms with Gasteiger partial charge in [0.2, 0.25) is 5.91 Å². The van der Waals surface area contributed by atoms with E-state index in [1.165, 1.54) is 17.2 Å². The Bertz CT molecular complexity index is 768. The van der Waals surface area contributed by atoms with Gasteiger partial charge in [-0.1, -0.05) is 0 Å². The van der Waals surface area contributed by atoms with Crippen molar-refractivity contribution in [1.29, 1.82) is 0 Å². The number of nitrogens with zero attached hydrogens (tertiary/aromatic N) is 4. The van der Waals surface area contributed by atoms with Gasteiger partial charge in [0.25, 0.3) is 0 Å². The van der Waals surface area contributed by atoms with Crippen LogP contribution in [-0.4, -0.2) is 78.3 Å². The second-order valence-electron chi connectivity index (χ2n) is 5.64. The number of nitrogen functional groups attached to an aromatic ring is 1. The summed E-state index contributed by atoms with van der Waals surface area (Å²) in [6.45, 7) is -0.998. The van der Waals surface area contributed by atoms with Crippen molar-refractivity contribution >= 4 is 22.9 Å². The summed E-state index contributed by atoms with van der Waals surface area (Å²) in [5.74, 6) is -0.495. The van der Waals surface area contributed by atoms with Gasteiger partial charge in [0.15, 0.2) is 17.7 Å². The number of nitrogens with two attached hydrogens (primary N) is 2. The summed E-state index contributed by atoms with van der Waals surface area (Å²) in [6, 6.07) is -2.08.